The molecular weight excluding hydrogens is 264 g/mol. The van der Waals surface area contributed by atoms with Gasteiger partial charge in [0.15, 0.2) is 0 Å². The van der Waals surface area contributed by atoms with Crippen molar-refractivity contribution in [2.75, 3.05) is 0 Å². The predicted octanol–water partition coefficient (Wildman–Crippen LogP) is 4.69. The van der Waals surface area contributed by atoms with Gasteiger partial charge in [0.2, 0.25) is 0 Å². The van der Waals surface area contributed by atoms with Gasteiger partial charge >= 0.3 is 6.09 Å². The molecule has 1 aliphatic carbocycles. The van der Waals surface area contributed by atoms with Crippen LogP contribution in [0.1, 0.15) is 90.9 Å². The van der Waals surface area contributed by atoms with Crippen LogP contribution in [0.5, 0.6) is 0 Å². The summed E-state index contributed by atoms with van der Waals surface area (Å²) in [5.41, 5.74) is 5.78. The Kier molecular flexibility index (Phi) is 10.3. The topological polar surface area (TPSA) is 50.4 Å². The first-order valence-corrected chi connectivity index (χ1v) is 8.94. The van der Waals surface area contributed by atoms with Crippen molar-refractivity contribution < 1.29 is 9.53 Å². The number of carbonyl (C=O) groups is 1. The van der Waals surface area contributed by atoms with E-state index in [0.29, 0.717) is 6.04 Å². The molecule has 1 amide bonds. The number of carbonyl (C=O) groups excluding carboxylic acids is 1. The third-order valence-electron chi connectivity index (χ3n) is 4.26. The van der Waals surface area contributed by atoms with Gasteiger partial charge in [-0.1, -0.05) is 58.3 Å². The molecule has 1 aliphatic rings. The van der Waals surface area contributed by atoms with Crippen molar-refractivity contribution in [2.45, 2.75) is 103 Å². The SMILES string of the molecule is CCCCCCCCC(C)OC(=O)NNC1CCCCC1. The average molecular weight is 298 g/mol. The molecule has 21 heavy (non-hydrogen) atoms. The Morgan fingerprint density at radius 1 is 1.10 bits per heavy atom. The predicted molar refractivity (Wildman–Crippen MR) is 87.1 cm³/mol. The molecule has 1 atom stereocenters. The van der Waals surface area contributed by atoms with Crippen LogP contribution < -0.4 is 10.9 Å². The Hall–Kier alpha value is -0.770. The quantitative estimate of drug-likeness (QED) is 0.454. The van der Waals surface area contributed by atoms with Crippen LogP contribution in [0.3, 0.4) is 0 Å². The molecule has 4 nitrogen and oxygen atoms in total. The number of nitrogens with one attached hydrogen (secondary N) is 2. The fourth-order valence-corrected chi connectivity index (χ4v) is 2.89. The van der Waals surface area contributed by atoms with Crippen molar-refractivity contribution in [2.24, 2.45) is 0 Å². The minimum Gasteiger partial charge on any atom is -0.446 e. The Balaban J connectivity index is 1.96. The first-order chi connectivity index (χ1) is 10.2. The van der Waals surface area contributed by atoms with Gasteiger partial charge in [0, 0.05) is 6.04 Å². The third-order valence-corrected chi connectivity index (χ3v) is 4.26. The molecule has 0 aliphatic heterocycles. The summed E-state index contributed by atoms with van der Waals surface area (Å²) in [6.07, 6.45) is 14.4. The molecule has 124 valence electrons. The number of amides is 1. The summed E-state index contributed by atoms with van der Waals surface area (Å²) in [5, 5.41) is 0. The number of ether oxygens (including phenoxy) is 1. The molecule has 4 heteroatoms. The average Bonchev–Trinajstić information content (AvgIpc) is 2.50. The molecule has 1 unspecified atom stereocenters. The number of hydrogen-bond donors (Lipinski definition) is 2. The Labute approximate surface area is 130 Å². The monoisotopic (exact) mass is 298 g/mol. The molecule has 0 aromatic heterocycles. The van der Waals surface area contributed by atoms with Gasteiger partial charge in [0.25, 0.3) is 0 Å². The van der Waals surface area contributed by atoms with E-state index < -0.39 is 0 Å². The number of rotatable bonds is 10. The summed E-state index contributed by atoms with van der Waals surface area (Å²) >= 11 is 0. The van der Waals surface area contributed by atoms with Gasteiger partial charge < -0.3 is 4.74 Å². The highest BCUT2D eigenvalue weighted by atomic mass is 16.6. The lowest BCUT2D eigenvalue weighted by Crippen LogP contribution is -2.46. The molecule has 0 aromatic carbocycles. The number of hydrazine groups is 1. The first-order valence-electron chi connectivity index (χ1n) is 8.94. The fraction of sp³-hybridized carbons (Fsp3) is 0.941. The van der Waals surface area contributed by atoms with Crippen molar-refractivity contribution in [3.8, 4) is 0 Å². The molecule has 0 heterocycles. The van der Waals surface area contributed by atoms with Gasteiger partial charge in [-0.2, -0.15) is 0 Å². The zero-order valence-corrected chi connectivity index (χ0v) is 14.0. The van der Waals surface area contributed by atoms with E-state index in [2.05, 4.69) is 17.8 Å². The molecule has 0 radical (unpaired) electrons. The van der Waals surface area contributed by atoms with Crippen molar-refractivity contribution >= 4 is 6.09 Å². The number of hydrogen-bond acceptors (Lipinski definition) is 3. The molecule has 1 fully saturated rings. The van der Waals surface area contributed by atoms with E-state index in [4.69, 9.17) is 4.74 Å². The highest BCUT2D eigenvalue weighted by molar-refractivity contribution is 5.66. The fourth-order valence-electron chi connectivity index (χ4n) is 2.89. The largest absolute Gasteiger partial charge is 0.446 e. The van der Waals surface area contributed by atoms with Crippen LogP contribution in [0.2, 0.25) is 0 Å². The van der Waals surface area contributed by atoms with Crippen LogP contribution in [0.25, 0.3) is 0 Å². The van der Waals surface area contributed by atoms with E-state index in [-0.39, 0.29) is 12.2 Å². The van der Waals surface area contributed by atoms with Gasteiger partial charge in [0.05, 0.1) is 0 Å². The molecule has 1 rings (SSSR count). The van der Waals surface area contributed by atoms with E-state index in [1.54, 1.807) is 0 Å². The van der Waals surface area contributed by atoms with Crippen LogP contribution in [0.4, 0.5) is 4.79 Å². The maximum Gasteiger partial charge on any atom is 0.421 e. The van der Waals surface area contributed by atoms with Crippen molar-refractivity contribution in [1.29, 1.82) is 0 Å². The van der Waals surface area contributed by atoms with Gasteiger partial charge in [-0.25, -0.2) is 10.2 Å². The summed E-state index contributed by atoms with van der Waals surface area (Å²) in [4.78, 5) is 11.7. The van der Waals surface area contributed by atoms with Crippen LogP contribution >= 0.6 is 0 Å². The smallest absolute Gasteiger partial charge is 0.421 e. The highest BCUT2D eigenvalue weighted by Crippen LogP contribution is 2.16. The molecular formula is C17H34N2O2. The first kappa shape index (κ1) is 18.3. The summed E-state index contributed by atoms with van der Waals surface area (Å²) in [6.45, 7) is 4.21. The lowest BCUT2D eigenvalue weighted by molar-refractivity contribution is 0.0943. The Morgan fingerprint density at radius 2 is 1.76 bits per heavy atom. The minimum atomic E-state index is -0.334. The van der Waals surface area contributed by atoms with E-state index in [1.165, 1.54) is 51.4 Å². The number of unbranched alkanes of at least 4 members (excludes halogenated alkanes) is 5. The van der Waals surface area contributed by atoms with Gasteiger partial charge in [-0.05, 0) is 32.6 Å². The van der Waals surface area contributed by atoms with Crippen molar-refractivity contribution in [3.63, 3.8) is 0 Å². The molecule has 0 bridgehead atoms. The van der Waals surface area contributed by atoms with Crippen LogP contribution in [-0.4, -0.2) is 18.2 Å². The second-order valence-corrected chi connectivity index (χ2v) is 6.38. The van der Waals surface area contributed by atoms with Crippen LogP contribution in [-0.2, 0) is 4.74 Å². The van der Waals surface area contributed by atoms with Crippen molar-refractivity contribution in [1.82, 2.24) is 10.9 Å². The zero-order chi connectivity index (χ0) is 15.3. The lowest BCUT2D eigenvalue weighted by atomic mass is 9.96. The standard InChI is InChI=1S/C17H34N2O2/c1-3-4-5-6-7-9-12-15(2)21-17(20)19-18-16-13-10-8-11-14-16/h15-16,18H,3-14H2,1-2H3,(H,19,20). The molecule has 0 aromatic rings. The summed E-state index contributed by atoms with van der Waals surface area (Å²) in [5.74, 6) is 0. The summed E-state index contributed by atoms with van der Waals surface area (Å²) < 4.78 is 5.36. The highest BCUT2D eigenvalue weighted by Gasteiger charge is 2.15. The molecule has 0 spiro atoms. The van der Waals surface area contributed by atoms with Gasteiger partial charge in [0.1, 0.15) is 6.10 Å². The second-order valence-electron chi connectivity index (χ2n) is 6.38. The van der Waals surface area contributed by atoms with E-state index in [9.17, 15) is 4.79 Å². The Bertz CT molecular complexity index is 266. The normalized spacial score (nSPS) is 17.4. The van der Waals surface area contributed by atoms with E-state index in [0.717, 1.165) is 25.7 Å². The third kappa shape index (κ3) is 9.72. The van der Waals surface area contributed by atoms with Crippen LogP contribution in [0.15, 0.2) is 0 Å². The molecule has 2 N–H and O–H groups in total. The molecule has 1 saturated carbocycles. The lowest BCUT2D eigenvalue weighted by Gasteiger charge is -2.23. The summed E-state index contributed by atoms with van der Waals surface area (Å²) in [6, 6.07) is 0.417. The summed E-state index contributed by atoms with van der Waals surface area (Å²) in [7, 11) is 0. The van der Waals surface area contributed by atoms with Gasteiger partial charge in [-0.3, -0.25) is 5.43 Å². The van der Waals surface area contributed by atoms with Gasteiger partial charge in [-0.15, -0.1) is 0 Å². The molecule has 0 saturated heterocycles. The van der Waals surface area contributed by atoms with Crippen molar-refractivity contribution in [3.05, 3.63) is 0 Å². The Morgan fingerprint density at radius 3 is 2.48 bits per heavy atom. The maximum absolute atomic E-state index is 11.7. The maximum atomic E-state index is 11.7. The van der Waals surface area contributed by atoms with Crippen LogP contribution in [0, 0.1) is 0 Å². The van der Waals surface area contributed by atoms with E-state index in [1.807, 2.05) is 6.92 Å². The minimum absolute atomic E-state index is 0.00401. The zero-order valence-electron chi connectivity index (χ0n) is 14.0. The van der Waals surface area contributed by atoms with E-state index >= 15 is 0 Å². The second kappa shape index (κ2) is 11.8.